The van der Waals surface area contributed by atoms with Crippen molar-refractivity contribution in [3.05, 3.63) is 47.0 Å². The Hall–Kier alpha value is -1.81. The fourth-order valence-electron chi connectivity index (χ4n) is 2.76. The van der Waals surface area contributed by atoms with Crippen LogP contribution in [-0.4, -0.2) is 21.6 Å². The van der Waals surface area contributed by atoms with Crippen LogP contribution in [0.4, 0.5) is 0 Å². The molecule has 1 atom stereocenters. The maximum Gasteiger partial charge on any atom is 0.115 e. The number of nitrogens with zero attached hydrogens (tertiary/aromatic N) is 1. The number of aromatic amines is 1. The first-order chi connectivity index (χ1) is 9.24. The average Bonchev–Trinajstić information content (AvgIpc) is 2.79. The molecule has 4 heteroatoms. The molecule has 2 aromatic rings. The van der Waals surface area contributed by atoms with E-state index in [1.807, 2.05) is 12.1 Å². The van der Waals surface area contributed by atoms with Crippen molar-refractivity contribution < 1.29 is 5.11 Å². The van der Waals surface area contributed by atoms with Crippen LogP contribution in [0.25, 0.3) is 0 Å². The lowest BCUT2D eigenvalue weighted by atomic mass is 9.90. The summed E-state index contributed by atoms with van der Waals surface area (Å²) in [6.07, 6.45) is 3.90. The molecule has 4 nitrogen and oxygen atoms in total. The molecule has 4 N–H and O–H groups in total. The molecule has 0 spiro atoms. The second kappa shape index (κ2) is 5.05. The van der Waals surface area contributed by atoms with Crippen LogP contribution in [0.15, 0.2) is 24.3 Å². The lowest BCUT2D eigenvalue weighted by Gasteiger charge is -2.18. The number of hydrogen-bond acceptors (Lipinski definition) is 3. The summed E-state index contributed by atoms with van der Waals surface area (Å²) in [7, 11) is 0. The summed E-state index contributed by atoms with van der Waals surface area (Å²) in [5.41, 5.74) is 9.26. The number of aromatic nitrogens is 2. The number of H-pyrrole nitrogens is 1. The van der Waals surface area contributed by atoms with Gasteiger partial charge in [0.15, 0.2) is 0 Å². The molecular weight excluding hydrogens is 238 g/mol. The Morgan fingerprint density at radius 3 is 3.11 bits per heavy atom. The van der Waals surface area contributed by atoms with Crippen LogP contribution in [0.2, 0.25) is 0 Å². The summed E-state index contributed by atoms with van der Waals surface area (Å²) in [6, 6.07) is 7.33. The first kappa shape index (κ1) is 12.2. The number of phenolic OH excluding ortho intramolecular Hbond substituents is 1. The van der Waals surface area contributed by atoms with E-state index in [1.165, 1.54) is 11.4 Å². The minimum Gasteiger partial charge on any atom is -0.508 e. The highest BCUT2D eigenvalue weighted by Gasteiger charge is 2.21. The van der Waals surface area contributed by atoms with Crippen LogP contribution in [0.3, 0.4) is 0 Å². The number of aromatic hydroxyl groups is 1. The zero-order chi connectivity index (χ0) is 13.2. The van der Waals surface area contributed by atoms with Crippen LogP contribution in [-0.2, 0) is 19.3 Å². The Kier molecular flexibility index (Phi) is 3.25. The summed E-state index contributed by atoms with van der Waals surface area (Å²) >= 11 is 0. The molecule has 1 unspecified atom stereocenters. The molecule has 0 saturated carbocycles. The number of nitrogens with one attached hydrogen (secondary N) is 1. The third-order valence-electron chi connectivity index (χ3n) is 3.81. The van der Waals surface area contributed by atoms with Gasteiger partial charge >= 0.3 is 0 Å². The summed E-state index contributed by atoms with van der Waals surface area (Å²) in [5, 5.41) is 9.48. The molecule has 1 heterocycles. The Balaban J connectivity index is 1.78. The molecule has 3 rings (SSSR count). The molecule has 0 aliphatic heterocycles. The fourth-order valence-corrected chi connectivity index (χ4v) is 2.76. The van der Waals surface area contributed by atoms with Crippen molar-refractivity contribution in [1.29, 1.82) is 0 Å². The van der Waals surface area contributed by atoms with Gasteiger partial charge in [-0.15, -0.1) is 0 Å². The number of fused-ring (bicyclic) bond motifs is 1. The number of hydrogen-bond donors (Lipinski definition) is 3. The second-order valence-corrected chi connectivity index (χ2v) is 5.30. The highest BCUT2D eigenvalue weighted by Crippen LogP contribution is 2.24. The maximum atomic E-state index is 9.48. The van der Waals surface area contributed by atoms with Gasteiger partial charge in [0.1, 0.15) is 11.6 Å². The van der Waals surface area contributed by atoms with Crippen LogP contribution < -0.4 is 5.73 Å². The van der Waals surface area contributed by atoms with E-state index in [-0.39, 0.29) is 0 Å². The Bertz CT molecular complexity index is 577. The Morgan fingerprint density at radius 1 is 1.42 bits per heavy atom. The lowest BCUT2D eigenvalue weighted by molar-refractivity contribution is 0.461. The van der Waals surface area contributed by atoms with Gasteiger partial charge in [0.2, 0.25) is 0 Å². The first-order valence-corrected chi connectivity index (χ1v) is 6.79. The van der Waals surface area contributed by atoms with Gasteiger partial charge in [-0.1, -0.05) is 12.1 Å². The summed E-state index contributed by atoms with van der Waals surface area (Å²) < 4.78 is 0. The van der Waals surface area contributed by atoms with Crippen molar-refractivity contribution in [3.8, 4) is 5.75 Å². The van der Waals surface area contributed by atoms with Gasteiger partial charge in [-0.05, 0) is 49.4 Å². The van der Waals surface area contributed by atoms with E-state index in [2.05, 4.69) is 9.97 Å². The normalized spacial score (nSPS) is 18.3. The highest BCUT2D eigenvalue weighted by molar-refractivity contribution is 5.30. The molecule has 0 radical (unpaired) electrons. The number of imidazole rings is 1. The summed E-state index contributed by atoms with van der Waals surface area (Å²) in [5.74, 6) is 1.87. The van der Waals surface area contributed by atoms with Crippen LogP contribution in [0.5, 0.6) is 5.75 Å². The van der Waals surface area contributed by atoms with E-state index < -0.39 is 0 Å². The molecule has 1 aliphatic carbocycles. The van der Waals surface area contributed by atoms with E-state index in [0.717, 1.165) is 43.6 Å². The van der Waals surface area contributed by atoms with E-state index >= 15 is 0 Å². The van der Waals surface area contributed by atoms with Crippen molar-refractivity contribution in [3.63, 3.8) is 0 Å². The van der Waals surface area contributed by atoms with Gasteiger partial charge in [0.05, 0.1) is 5.69 Å². The lowest BCUT2D eigenvalue weighted by Crippen LogP contribution is -2.22. The first-order valence-electron chi connectivity index (χ1n) is 6.79. The molecule has 1 aromatic heterocycles. The van der Waals surface area contributed by atoms with E-state index in [9.17, 15) is 5.11 Å². The predicted molar refractivity (Wildman–Crippen MR) is 74.1 cm³/mol. The van der Waals surface area contributed by atoms with Crippen LogP contribution in [0.1, 0.15) is 29.2 Å². The third-order valence-corrected chi connectivity index (χ3v) is 3.81. The Labute approximate surface area is 112 Å². The smallest absolute Gasteiger partial charge is 0.115 e. The topological polar surface area (TPSA) is 74.9 Å². The van der Waals surface area contributed by atoms with Gasteiger partial charge in [0, 0.05) is 12.1 Å². The zero-order valence-electron chi connectivity index (χ0n) is 10.9. The molecule has 0 bridgehead atoms. The zero-order valence-corrected chi connectivity index (χ0v) is 10.9. The van der Waals surface area contributed by atoms with E-state index in [4.69, 9.17) is 5.73 Å². The number of nitrogens with two attached hydrogens (primary N) is 1. The van der Waals surface area contributed by atoms with E-state index in [1.54, 1.807) is 12.1 Å². The third kappa shape index (κ3) is 2.63. The summed E-state index contributed by atoms with van der Waals surface area (Å²) in [6.45, 7) is 0.750. The van der Waals surface area contributed by atoms with Crippen molar-refractivity contribution in [1.82, 2.24) is 9.97 Å². The van der Waals surface area contributed by atoms with Crippen LogP contribution in [0, 0.1) is 5.92 Å². The molecule has 0 fully saturated rings. The SMILES string of the molecule is NCC1CCc2nc(Cc3cccc(O)c3)[nH]c2C1. The van der Waals surface area contributed by atoms with Crippen molar-refractivity contribution in [2.75, 3.05) is 6.54 Å². The monoisotopic (exact) mass is 257 g/mol. The molecule has 0 amide bonds. The fraction of sp³-hybridized carbons (Fsp3) is 0.400. The highest BCUT2D eigenvalue weighted by atomic mass is 16.3. The number of phenols is 1. The van der Waals surface area contributed by atoms with Gasteiger partial charge < -0.3 is 15.8 Å². The molecule has 1 aromatic carbocycles. The van der Waals surface area contributed by atoms with Gasteiger partial charge in [-0.3, -0.25) is 0 Å². The van der Waals surface area contributed by atoms with Gasteiger partial charge in [-0.2, -0.15) is 0 Å². The van der Waals surface area contributed by atoms with Gasteiger partial charge in [-0.25, -0.2) is 4.98 Å². The average molecular weight is 257 g/mol. The molecule has 100 valence electrons. The Morgan fingerprint density at radius 2 is 2.32 bits per heavy atom. The predicted octanol–water partition coefficient (Wildman–Crippen LogP) is 1.77. The summed E-state index contributed by atoms with van der Waals surface area (Å²) in [4.78, 5) is 8.08. The molecular formula is C15H19N3O. The standard InChI is InChI=1S/C15H19N3O/c16-9-11-4-5-13-14(7-11)18-15(17-13)8-10-2-1-3-12(19)6-10/h1-3,6,11,19H,4-5,7-9,16H2,(H,17,18). The van der Waals surface area contributed by atoms with Crippen LogP contribution >= 0.6 is 0 Å². The minimum absolute atomic E-state index is 0.303. The minimum atomic E-state index is 0.303. The molecule has 19 heavy (non-hydrogen) atoms. The van der Waals surface area contributed by atoms with Gasteiger partial charge in [0.25, 0.3) is 0 Å². The molecule has 1 aliphatic rings. The number of aryl methyl sites for hydroxylation is 1. The maximum absolute atomic E-state index is 9.48. The number of rotatable bonds is 3. The molecule has 0 saturated heterocycles. The largest absolute Gasteiger partial charge is 0.508 e. The number of benzene rings is 1. The van der Waals surface area contributed by atoms with Crippen molar-refractivity contribution in [2.24, 2.45) is 11.7 Å². The van der Waals surface area contributed by atoms with Crippen molar-refractivity contribution in [2.45, 2.75) is 25.7 Å². The second-order valence-electron chi connectivity index (χ2n) is 5.30. The van der Waals surface area contributed by atoms with E-state index in [0.29, 0.717) is 11.7 Å². The quantitative estimate of drug-likeness (QED) is 0.784. The van der Waals surface area contributed by atoms with Crippen molar-refractivity contribution >= 4 is 0 Å².